The number of aryl methyl sites for hydroxylation is 2. The molecule has 2 amide bonds. The smallest absolute Gasteiger partial charge is 0.417 e. The zero-order valence-corrected chi connectivity index (χ0v) is 21.4. The minimum absolute atomic E-state index is 0.211. The van der Waals surface area contributed by atoms with Crippen LogP contribution >= 0.6 is 0 Å². The highest BCUT2D eigenvalue weighted by Gasteiger charge is 2.40. The van der Waals surface area contributed by atoms with E-state index in [1.807, 2.05) is 26.8 Å². The molecule has 3 aromatic carbocycles. The van der Waals surface area contributed by atoms with Gasteiger partial charge in [0.25, 0.3) is 5.91 Å². The number of hydrogen-bond donors (Lipinski definition) is 0. The van der Waals surface area contributed by atoms with Gasteiger partial charge in [-0.15, -0.1) is 0 Å². The first kappa shape index (κ1) is 22.2. The van der Waals surface area contributed by atoms with Gasteiger partial charge in [-0.1, -0.05) is 48.6 Å². The maximum atomic E-state index is 14.1. The van der Waals surface area contributed by atoms with Crippen LogP contribution in [0.25, 0.3) is 43.6 Å². The van der Waals surface area contributed by atoms with Crippen LogP contribution < -0.4 is 0 Å². The zero-order chi connectivity index (χ0) is 25.5. The van der Waals surface area contributed by atoms with Crippen LogP contribution in [0.4, 0.5) is 4.79 Å². The molecular formula is C31H29N3O3. The second-order valence-electron chi connectivity index (χ2n) is 11.1. The normalized spacial score (nSPS) is 16.8. The molecule has 6 heteroatoms. The summed E-state index contributed by atoms with van der Waals surface area (Å²) < 4.78 is 10.5. The Balaban J connectivity index is 1.67. The lowest BCUT2D eigenvalue weighted by atomic mass is 9.97. The molecule has 0 N–H and O–H groups in total. The first-order valence-electron chi connectivity index (χ1n) is 13.0. The van der Waals surface area contributed by atoms with Crippen molar-refractivity contribution < 1.29 is 14.3 Å². The summed E-state index contributed by atoms with van der Waals surface area (Å²) in [4.78, 5) is 28.6. The SMILES string of the molecule is CC(C)(C)OC(=O)N1Cc2c(c3c4ccccc4n4c3c3c2c2ccccc2n3CC/C=C\CC4)C1=O. The Morgan fingerprint density at radius 2 is 1.35 bits per heavy atom. The summed E-state index contributed by atoms with van der Waals surface area (Å²) in [6.45, 7) is 7.35. The first-order valence-corrected chi connectivity index (χ1v) is 13.0. The van der Waals surface area contributed by atoms with Crippen LogP contribution in [0.5, 0.6) is 0 Å². The molecule has 2 aliphatic rings. The lowest BCUT2D eigenvalue weighted by Crippen LogP contribution is -2.36. The van der Waals surface area contributed by atoms with E-state index in [0.717, 1.165) is 75.1 Å². The van der Waals surface area contributed by atoms with Crippen LogP contribution in [0.3, 0.4) is 0 Å². The number of ether oxygens (including phenoxy) is 1. The van der Waals surface area contributed by atoms with E-state index in [2.05, 4.69) is 63.8 Å². The average molecular weight is 492 g/mol. The standard InChI is InChI=1S/C31H29N3O3/c1-31(2,3)37-30(36)34-18-21-24-19-12-6-8-14-22(19)32-16-10-4-5-11-17-33-23-15-9-7-13-20(23)25(26(21)29(34)35)28(33)27(24)32/h4-9,12-15H,10-11,16-18H2,1-3H3/b5-4-. The number of benzene rings is 3. The van der Waals surface area contributed by atoms with E-state index in [1.54, 1.807) is 0 Å². The predicted molar refractivity (Wildman–Crippen MR) is 147 cm³/mol. The molecule has 0 saturated carbocycles. The zero-order valence-electron chi connectivity index (χ0n) is 21.4. The first-order chi connectivity index (χ1) is 17.8. The summed E-state index contributed by atoms with van der Waals surface area (Å²) in [5.74, 6) is -0.275. The summed E-state index contributed by atoms with van der Waals surface area (Å²) in [5.41, 5.74) is 5.37. The maximum Gasteiger partial charge on any atom is 0.417 e. The lowest BCUT2D eigenvalue weighted by Gasteiger charge is -2.23. The Labute approximate surface area is 214 Å². The van der Waals surface area contributed by atoms with Gasteiger partial charge in [-0.05, 0) is 51.3 Å². The van der Waals surface area contributed by atoms with Gasteiger partial charge >= 0.3 is 6.09 Å². The van der Waals surface area contributed by atoms with Crippen LogP contribution in [0.1, 0.15) is 49.5 Å². The molecule has 6 nitrogen and oxygen atoms in total. The van der Waals surface area contributed by atoms with Gasteiger partial charge in [-0.25, -0.2) is 9.69 Å². The number of nitrogens with zero attached hydrogens (tertiary/aromatic N) is 3. The molecule has 5 aromatic rings. The van der Waals surface area contributed by atoms with Gasteiger partial charge in [-0.3, -0.25) is 4.79 Å². The monoisotopic (exact) mass is 491 g/mol. The molecule has 0 radical (unpaired) electrons. The van der Waals surface area contributed by atoms with E-state index >= 15 is 0 Å². The highest BCUT2D eigenvalue weighted by atomic mass is 16.6. The number of imide groups is 1. The fourth-order valence-corrected chi connectivity index (χ4v) is 6.26. The molecule has 2 aliphatic heterocycles. The van der Waals surface area contributed by atoms with E-state index in [1.165, 1.54) is 4.90 Å². The average Bonchev–Trinajstić information content (AvgIpc) is 3.49. The van der Waals surface area contributed by atoms with Crippen molar-refractivity contribution in [3.05, 3.63) is 71.8 Å². The Hall–Kier alpha value is -4.06. The second-order valence-corrected chi connectivity index (χ2v) is 11.1. The molecule has 0 aliphatic carbocycles. The van der Waals surface area contributed by atoms with E-state index in [9.17, 15) is 9.59 Å². The van der Waals surface area contributed by atoms with Crippen LogP contribution in [-0.4, -0.2) is 31.6 Å². The lowest BCUT2D eigenvalue weighted by molar-refractivity contribution is 0.0248. The molecular weight excluding hydrogens is 462 g/mol. The summed E-state index contributed by atoms with van der Waals surface area (Å²) in [6, 6.07) is 16.8. The topological polar surface area (TPSA) is 56.5 Å². The Kier molecular flexibility index (Phi) is 4.62. The number of allylic oxidation sites excluding steroid dienone is 2. The van der Waals surface area contributed by atoms with Crippen LogP contribution in [0, 0.1) is 0 Å². The third-order valence-corrected chi connectivity index (χ3v) is 7.61. The van der Waals surface area contributed by atoms with Crippen molar-refractivity contribution in [2.75, 3.05) is 0 Å². The van der Waals surface area contributed by atoms with Gasteiger partial charge in [0.2, 0.25) is 0 Å². The van der Waals surface area contributed by atoms with E-state index in [4.69, 9.17) is 4.74 Å². The largest absolute Gasteiger partial charge is 0.443 e. The molecule has 0 saturated heterocycles. The van der Waals surface area contributed by atoms with Crippen LogP contribution in [0.2, 0.25) is 0 Å². The summed E-state index contributed by atoms with van der Waals surface area (Å²) in [7, 11) is 0. The van der Waals surface area contributed by atoms with Gasteiger partial charge in [-0.2, -0.15) is 0 Å². The molecule has 37 heavy (non-hydrogen) atoms. The second kappa shape index (κ2) is 7.72. The molecule has 0 bridgehead atoms. The molecule has 186 valence electrons. The van der Waals surface area contributed by atoms with E-state index in [-0.39, 0.29) is 12.5 Å². The number of fused-ring (bicyclic) bond motifs is 9. The molecule has 0 unspecified atom stereocenters. The minimum atomic E-state index is -0.689. The number of aromatic nitrogens is 2. The minimum Gasteiger partial charge on any atom is -0.443 e. The van der Waals surface area contributed by atoms with Crippen molar-refractivity contribution in [1.82, 2.24) is 14.0 Å². The van der Waals surface area contributed by atoms with Crippen molar-refractivity contribution >= 4 is 55.6 Å². The van der Waals surface area contributed by atoms with Crippen molar-refractivity contribution in [2.24, 2.45) is 0 Å². The van der Waals surface area contributed by atoms with Gasteiger partial charge in [0, 0.05) is 45.7 Å². The van der Waals surface area contributed by atoms with Crippen molar-refractivity contribution in [2.45, 2.75) is 58.8 Å². The highest BCUT2D eigenvalue weighted by Crippen LogP contribution is 2.46. The third kappa shape index (κ3) is 3.11. The fourth-order valence-electron chi connectivity index (χ4n) is 6.26. The molecule has 0 fully saturated rings. The predicted octanol–water partition coefficient (Wildman–Crippen LogP) is 7.14. The van der Waals surface area contributed by atoms with E-state index < -0.39 is 11.7 Å². The number of carbonyl (C=O) groups excluding carboxylic acids is 2. The van der Waals surface area contributed by atoms with Gasteiger partial charge in [0.05, 0.1) is 23.1 Å². The Morgan fingerprint density at radius 3 is 1.95 bits per heavy atom. The molecule has 4 heterocycles. The van der Waals surface area contributed by atoms with Crippen LogP contribution in [-0.2, 0) is 24.4 Å². The summed E-state index contributed by atoms with van der Waals surface area (Å²) in [6.07, 6.45) is 5.80. The summed E-state index contributed by atoms with van der Waals surface area (Å²) in [5, 5.41) is 4.19. The fraction of sp³-hybridized carbons (Fsp3) is 0.290. The van der Waals surface area contributed by atoms with Gasteiger partial charge in [0.1, 0.15) is 5.60 Å². The molecule has 0 atom stereocenters. The number of rotatable bonds is 0. The van der Waals surface area contributed by atoms with E-state index in [0.29, 0.717) is 5.56 Å². The van der Waals surface area contributed by atoms with Gasteiger partial charge in [0.15, 0.2) is 0 Å². The maximum absolute atomic E-state index is 14.1. The van der Waals surface area contributed by atoms with Gasteiger partial charge < -0.3 is 13.9 Å². The number of carbonyl (C=O) groups is 2. The number of amides is 2. The van der Waals surface area contributed by atoms with Crippen molar-refractivity contribution in [3.8, 4) is 0 Å². The van der Waals surface area contributed by atoms with Crippen LogP contribution in [0.15, 0.2) is 60.7 Å². The Bertz CT molecular complexity index is 1810. The molecule has 0 spiro atoms. The number of hydrogen-bond acceptors (Lipinski definition) is 3. The van der Waals surface area contributed by atoms with Crippen molar-refractivity contribution in [3.63, 3.8) is 0 Å². The Morgan fingerprint density at radius 1 is 0.811 bits per heavy atom. The third-order valence-electron chi connectivity index (χ3n) is 7.61. The molecule has 7 rings (SSSR count). The quantitative estimate of drug-likeness (QED) is 0.216. The summed E-state index contributed by atoms with van der Waals surface area (Å²) >= 11 is 0. The number of para-hydroxylation sites is 2. The highest BCUT2D eigenvalue weighted by molar-refractivity contribution is 6.31. The van der Waals surface area contributed by atoms with Crippen molar-refractivity contribution in [1.29, 1.82) is 0 Å². The molecule has 2 aromatic heterocycles.